The maximum Gasteiger partial charge on any atom is 0.323 e. The fraction of sp³-hybridized carbons (Fsp3) is 0.417. The molecule has 5 heteroatoms. The zero-order chi connectivity index (χ0) is 12.1. The van der Waals surface area contributed by atoms with Gasteiger partial charge in [0.2, 0.25) is 0 Å². The number of hydrogen-bond acceptors (Lipinski definition) is 3. The molecule has 0 aliphatic carbocycles. The standard InChI is InChI=1S/C12H16FNO2.ClH/c1-8(2)11(14)12(15)16-7-9-5-3-4-6-10(9)13;/h3-6,8,11H,7,14H2,1-2H3;1H/t11-;/m0./s1. The zero-order valence-electron chi connectivity index (χ0n) is 9.85. The van der Waals surface area contributed by atoms with E-state index in [0.717, 1.165) is 0 Å². The van der Waals surface area contributed by atoms with E-state index in [4.69, 9.17) is 10.5 Å². The summed E-state index contributed by atoms with van der Waals surface area (Å²) >= 11 is 0. The number of hydrogen-bond donors (Lipinski definition) is 1. The number of esters is 1. The molecule has 0 aliphatic rings. The molecule has 0 heterocycles. The molecule has 0 aromatic heterocycles. The van der Waals surface area contributed by atoms with Gasteiger partial charge in [0.15, 0.2) is 0 Å². The zero-order valence-corrected chi connectivity index (χ0v) is 10.7. The van der Waals surface area contributed by atoms with Crippen molar-refractivity contribution in [3.63, 3.8) is 0 Å². The molecule has 1 rings (SSSR count). The lowest BCUT2D eigenvalue weighted by molar-refractivity contribution is -0.147. The van der Waals surface area contributed by atoms with Gasteiger partial charge < -0.3 is 10.5 Å². The number of carbonyl (C=O) groups is 1. The van der Waals surface area contributed by atoms with Crippen LogP contribution < -0.4 is 5.73 Å². The third-order valence-corrected chi connectivity index (χ3v) is 2.32. The van der Waals surface area contributed by atoms with Crippen LogP contribution in [0.4, 0.5) is 4.39 Å². The lowest BCUT2D eigenvalue weighted by atomic mass is 10.1. The summed E-state index contributed by atoms with van der Waals surface area (Å²) in [6.07, 6.45) is 0. The molecule has 0 spiro atoms. The normalized spacial score (nSPS) is 11.8. The van der Waals surface area contributed by atoms with E-state index < -0.39 is 12.0 Å². The Labute approximate surface area is 107 Å². The third-order valence-electron chi connectivity index (χ3n) is 2.32. The van der Waals surface area contributed by atoms with Gasteiger partial charge in [-0.3, -0.25) is 4.79 Å². The minimum absolute atomic E-state index is 0. The van der Waals surface area contributed by atoms with Crippen LogP contribution in [0.25, 0.3) is 0 Å². The molecule has 0 saturated heterocycles. The largest absolute Gasteiger partial charge is 0.460 e. The summed E-state index contributed by atoms with van der Waals surface area (Å²) in [5, 5.41) is 0. The van der Waals surface area contributed by atoms with E-state index in [2.05, 4.69) is 0 Å². The SMILES string of the molecule is CC(C)[C@H](N)C(=O)OCc1ccccc1F.Cl. The summed E-state index contributed by atoms with van der Waals surface area (Å²) < 4.78 is 18.1. The number of ether oxygens (including phenoxy) is 1. The van der Waals surface area contributed by atoms with Gasteiger partial charge in [-0.2, -0.15) is 0 Å². The van der Waals surface area contributed by atoms with Crippen LogP contribution in [0.2, 0.25) is 0 Å². The highest BCUT2D eigenvalue weighted by atomic mass is 35.5. The van der Waals surface area contributed by atoms with Crippen molar-refractivity contribution in [2.24, 2.45) is 11.7 Å². The molecule has 1 aromatic carbocycles. The molecule has 1 atom stereocenters. The Hall–Kier alpha value is -1.13. The second-order valence-corrected chi connectivity index (χ2v) is 3.97. The quantitative estimate of drug-likeness (QED) is 0.846. The van der Waals surface area contributed by atoms with Crippen LogP contribution in [0.3, 0.4) is 0 Å². The van der Waals surface area contributed by atoms with Gasteiger partial charge in [-0.25, -0.2) is 4.39 Å². The van der Waals surface area contributed by atoms with Crippen LogP contribution in [0.15, 0.2) is 24.3 Å². The van der Waals surface area contributed by atoms with Crippen LogP contribution in [0, 0.1) is 11.7 Å². The molecular formula is C12H17ClFNO2. The summed E-state index contributed by atoms with van der Waals surface area (Å²) in [6.45, 7) is 3.58. The topological polar surface area (TPSA) is 52.3 Å². The number of halogens is 2. The van der Waals surface area contributed by atoms with Crippen molar-refractivity contribution in [1.29, 1.82) is 0 Å². The fourth-order valence-corrected chi connectivity index (χ4v) is 1.13. The smallest absolute Gasteiger partial charge is 0.323 e. The highest BCUT2D eigenvalue weighted by molar-refractivity contribution is 5.85. The molecule has 0 saturated carbocycles. The van der Waals surface area contributed by atoms with Crippen molar-refractivity contribution in [3.8, 4) is 0 Å². The van der Waals surface area contributed by atoms with Crippen LogP contribution >= 0.6 is 12.4 Å². The molecule has 0 radical (unpaired) electrons. The molecule has 17 heavy (non-hydrogen) atoms. The van der Waals surface area contributed by atoms with Gasteiger partial charge in [-0.15, -0.1) is 12.4 Å². The Kier molecular flexibility index (Phi) is 6.76. The third kappa shape index (κ3) is 4.71. The molecule has 0 aliphatic heterocycles. The van der Waals surface area contributed by atoms with Crippen molar-refractivity contribution in [2.75, 3.05) is 0 Å². The van der Waals surface area contributed by atoms with Crippen molar-refractivity contribution in [3.05, 3.63) is 35.6 Å². The first-order chi connectivity index (χ1) is 7.52. The first-order valence-electron chi connectivity index (χ1n) is 5.18. The van der Waals surface area contributed by atoms with E-state index in [1.165, 1.54) is 6.07 Å². The lowest BCUT2D eigenvalue weighted by Crippen LogP contribution is -2.36. The summed E-state index contributed by atoms with van der Waals surface area (Å²) in [6, 6.07) is 5.51. The number of nitrogens with two attached hydrogens (primary N) is 1. The fourth-order valence-electron chi connectivity index (χ4n) is 1.13. The second kappa shape index (κ2) is 7.25. The van der Waals surface area contributed by atoms with Gasteiger partial charge >= 0.3 is 5.97 Å². The van der Waals surface area contributed by atoms with Crippen molar-refractivity contribution >= 4 is 18.4 Å². The van der Waals surface area contributed by atoms with Crippen LogP contribution in [-0.4, -0.2) is 12.0 Å². The highest BCUT2D eigenvalue weighted by Gasteiger charge is 2.18. The molecular weight excluding hydrogens is 245 g/mol. The monoisotopic (exact) mass is 261 g/mol. The minimum atomic E-state index is -0.660. The molecule has 0 bridgehead atoms. The van der Waals surface area contributed by atoms with Crippen LogP contribution in [0.1, 0.15) is 19.4 Å². The second-order valence-electron chi connectivity index (χ2n) is 3.97. The van der Waals surface area contributed by atoms with Crippen molar-refractivity contribution in [1.82, 2.24) is 0 Å². The number of carbonyl (C=O) groups excluding carboxylic acids is 1. The highest BCUT2D eigenvalue weighted by Crippen LogP contribution is 2.09. The van der Waals surface area contributed by atoms with E-state index in [1.807, 2.05) is 13.8 Å². The van der Waals surface area contributed by atoms with Gasteiger partial charge in [0, 0.05) is 5.56 Å². The van der Waals surface area contributed by atoms with Gasteiger partial charge in [0.25, 0.3) is 0 Å². The van der Waals surface area contributed by atoms with Crippen molar-refractivity contribution < 1.29 is 13.9 Å². The molecule has 2 N–H and O–H groups in total. The minimum Gasteiger partial charge on any atom is -0.460 e. The Morgan fingerprint density at radius 2 is 2.00 bits per heavy atom. The average Bonchev–Trinajstić information content (AvgIpc) is 2.26. The summed E-state index contributed by atoms with van der Waals surface area (Å²) in [5.74, 6) is -0.875. The van der Waals surface area contributed by atoms with Crippen LogP contribution in [-0.2, 0) is 16.1 Å². The maximum atomic E-state index is 13.2. The first-order valence-corrected chi connectivity index (χ1v) is 5.18. The Balaban J connectivity index is 0.00000256. The van der Waals surface area contributed by atoms with E-state index >= 15 is 0 Å². The maximum absolute atomic E-state index is 13.2. The Morgan fingerprint density at radius 3 is 2.53 bits per heavy atom. The summed E-state index contributed by atoms with van der Waals surface area (Å²) in [7, 11) is 0. The average molecular weight is 262 g/mol. The van der Waals surface area contributed by atoms with Gasteiger partial charge in [-0.05, 0) is 12.0 Å². The molecule has 96 valence electrons. The molecule has 0 amide bonds. The number of rotatable bonds is 4. The summed E-state index contributed by atoms with van der Waals surface area (Å²) in [5.41, 5.74) is 5.95. The van der Waals surface area contributed by atoms with Gasteiger partial charge in [0.05, 0.1) is 0 Å². The predicted octanol–water partition coefficient (Wildman–Crippen LogP) is 2.27. The molecule has 0 unspecified atom stereocenters. The molecule has 3 nitrogen and oxygen atoms in total. The molecule has 1 aromatic rings. The van der Waals surface area contributed by atoms with Gasteiger partial charge in [-0.1, -0.05) is 32.0 Å². The first kappa shape index (κ1) is 15.9. The van der Waals surface area contributed by atoms with Crippen LogP contribution in [0.5, 0.6) is 0 Å². The Bertz CT molecular complexity index is 371. The van der Waals surface area contributed by atoms with E-state index in [1.54, 1.807) is 18.2 Å². The van der Waals surface area contributed by atoms with Crippen molar-refractivity contribution in [2.45, 2.75) is 26.5 Å². The van der Waals surface area contributed by atoms with E-state index in [-0.39, 0.29) is 30.7 Å². The van der Waals surface area contributed by atoms with E-state index in [0.29, 0.717) is 5.56 Å². The summed E-state index contributed by atoms with van der Waals surface area (Å²) in [4.78, 5) is 11.4. The van der Waals surface area contributed by atoms with Gasteiger partial charge in [0.1, 0.15) is 18.5 Å². The van der Waals surface area contributed by atoms with E-state index in [9.17, 15) is 9.18 Å². The predicted molar refractivity (Wildman–Crippen MR) is 66.3 cm³/mol. The Morgan fingerprint density at radius 1 is 1.41 bits per heavy atom. The number of benzene rings is 1. The lowest BCUT2D eigenvalue weighted by Gasteiger charge is -2.14. The molecule has 0 fully saturated rings.